The van der Waals surface area contributed by atoms with Gasteiger partial charge in [0.15, 0.2) is 11.5 Å². The van der Waals surface area contributed by atoms with Crippen molar-refractivity contribution in [2.45, 2.75) is 19.4 Å². The zero-order chi connectivity index (χ0) is 17.6. The molecule has 0 aromatic carbocycles. The number of anilines is 1. The van der Waals surface area contributed by atoms with Crippen molar-refractivity contribution in [1.29, 1.82) is 0 Å². The van der Waals surface area contributed by atoms with Gasteiger partial charge in [-0.25, -0.2) is 15.0 Å². The zero-order valence-corrected chi connectivity index (χ0v) is 14.3. The Balaban J connectivity index is 1.37. The number of likely N-dealkylation sites (tertiary alicyclic amines) is 1. The van der Waals surface area contributed by atoms with Crippen LogP contribution in [0.4, 0.5) is 5.82 Å². The Bertz CT molecular complexity index is 956. The number of amides is 1. The van der Waals surface area contributed by atoms with Crippen LogP contribution in [-0.2, 0) is 11.3 Å². The van der Waals surface area contributed by atoms with E-state index in [1.54, 1.807) is 12.5 Å². The first-order valence-electron chi connectivity index (χ1n) is 8.84. The second-order valence-electron chi connectivity index (χ2n) is 7.05. The third kappa shape index (κ3) is 2.33. The monoisotopic (exact) mass is 349 g/mol. The number of aromatic nitrogens is 5. The minimum absolute atomic E-state index is 0.237. The molecular formula is C18H19N7O. The molecule has 8 nitrogen and oxygen atoms in total. The van der Waals surface area contributed by atoms with Crippen LogP contribution < -0.4 is 4.90 Å². The molecule has 0 aliphatic carbocycles. The standard InChI is InChI=1S/C18H19N7O/c26-17-18(4-7-24(17)9-13-3-1-2-6-19-13)5-8-25(10-18)16-14-15(21-11-20-14)22-12-23-16/h1-3,6,11-12H,4-5,7-10H2,(H,20,21,22,23). The lowest BCUT2D eigenvalue weighted by molar-refractivity contribution is -0.135. The molecule has 0 radical (unpaired) electrons. The van der Waals surface area contributed by atoms with Gasteiger partial charge in [-0.2, -0.15) is 0 Å². The first kappa shape index (κ1) is 15.2. The summed E-state index contributed by atoms with van der Waals surface area (Å²) in [6.07, 6.45) is 6.67. The van der Waals surface area contributed by atoms with Gasteiger partial charge < -0.3 is 14.8 Å². The van der Waals surface area contributed by atoms with Crippen LogP contribution in [0.5, 0.6) is 0 Å². The summed E-state index contributed by atoms with van der Waals surface area (Å²) in [5.41, 5.74) is 2.11. The van der Waals surface area contributed by atoms with Crippen LogP contribution >= 0.6 is 0 Å². The van der Waals surface area contributed by atoms with Crippen molar-refractivity contribution in [3.05, 3.63) is 42.7 Å². The molecule has 0 bridgehead atoms. The van der Waals surface area contributed by atoms with Crippen molar-refractivity contribution in [1.82, 2.24) is 29.8 Å². The van der Waals surface area contributed by atoms with Gasteiger partial charge in [0.25, 0.3) is 0 Å². The van der Waals surface area contributed by atoms with E-state index < -0.39 is 0 Å². The number of hydrogen-bond donors (Lipinski definition) is 1. The Hall–Kier alpha value is -3.03. The van der Waals surface area contributed by atoms with Crippen molar-refractivity contribution in [3.63, 3.8) is 0 Å². The molecule has 1 atom stereocenters. The van der Waals surface area contributed by atoms with Crippen molar-refractivity contribution >= 4 is 22.9 Å². The maximum absolute atomic E-state index is 13.1. The number of aromatic amines is 1. The number of pyridine rings is 1. The molecule has 1 N–H and O–H groups in total. The summed E-state index contributed by atoms with van der Waals surface area (Å²) in [7, 11) is 0. The smallest absolute Gasteiger partial charge is 0.231 e. The zero-order valence-electron chi connectivity index (χ0n) is 14.3. The van der Waals surface area contributed by atoms with E-state index >= 15 is 0 Å². The third-order valence-electron chi connectivity index (χ3n) is 5.54. The first-order chi connectivity index (χ1) is 12.8. The highest BCUT2D eigenvalue weighted by molar-refractivity contribution is 5.88. The predicted molar refractivity (Wildman–Crippen MR) is 95.2 cm³/mol. The number of fused-ring (bicyclic) bond motifs is 1. The fourth-order valence-electron chi connectivity index (χ4n) is 4.15. The van der Waals surface area contributed by atoms with Crippen molar-refractivity contribution in [3.8, 4) is 0 Å². The molecule has 132 valence electrons. The fraction of sp³-hybridized carbons (Fsp3) is 0.389. The molecule has 5 rings (SSSR count). The molecule has 1 amide bonds. The SMILES string of the molecule is O=C1N(Cc2ccccn2)CCC12CCN(c1ncnc3nc[nH]c13)C2. The van der Waals surface area contributed by atoms with E-state index in [1.807, 2.05) is 23.1 Å². The molecular weight excluding hydrogens is 330 g/mol. The highest BCUT2D eigenvalue weighted by atomic mass is 16.2. The largest absolute Gasteiger partial charge is 0.354 e. The fourth-order valence-corrected chi connectivity index (χ4v) is 4.15. The lowest BCUT2D eigenvalue weighted by Crippen LogP contribution is -2.37. The summed E-state index contributed by atoms with van der Waals surface area (Å²) in [6, 6.07) is 5.82. The van der Waals surface area contributed by atoms with E-state index in [2.05, 4.69) is 29.8 Å². The predicted octanol–water partition coefficient (Wildman–Crippen LogP) is 1.38. The first-order valence-corrected chi connectivity index (χ1v) is 8.84. The van der Waals surface area contributed by atoms with Crippen LogP contribution in [0.15, 0.2) is 37.1 Å². The van der Waals surface area contributed by atoms with Crippen LogP contribution in [0.2, 0.25) is 0 Å². The average Bonchev–Trinajstić information content (AvgIpc) is 3.39. The summed E-state index contributed by atoms with van der Waals surface area (Å²) in [6.45, 7) is 2.87. The molecule has 1 unspecified atom stereocenters. The maximum atomic E-state index is 13.1. The van der Waals surface area contributed by atoms with E-state index in [4.69, 9.17) is 0 Å². The molecule has 1 spiro atoms. The molecule has 5 heterocycles. The maximum Gasteiger partial charge on any atom is 0.231 e. The van der Waals surface area contributed by atoms with E-state index in [9.17, 15) is 4.79 Å². The van der Waals surface area contributed by atoms with Crippen molar-refractivity contribution in [2.24, 2.45) is 5.41 Å². The van der Waals surface area contributed by atoms with E-state index in [-0.39, 0.29) is 11.3 Å². The number of carbonyl (C=O) groups is 1. The molecule has 26 heavy (non-hydrogen) atoms. The quantitative estimate of drug-likeness (QED) is 0.768. The molecule has 2 fully saturated rings. The van der Waals surface area contributed by atoms with Crippen molar-refractivity contribution in [2.75, 3.05) is 24.5 Å². The minimum atomic E-state index is -0.313. The highest BCUT2D eigenvalue weighted by Crippen LogP contribution is 2.42. The number of imidazole rings is 1. The summed E-state index contributed by atoms with van der Waals surface area (Å²) in [5.74, 6) is 1.07. The van der Waals surface area contributed by atoms with E-state index in [0.717, 1.165) is 43.0 Å². The molecule has 3 aromatic rings. The summed E-state index contributed by atoms with van der Waals surface area (Å²) >= 11 is 0. The van der Waals surface area contributed by atoms with Gasteiger partial charge in [-0.3, -0.25) is 9.78 Å². The highest BCUT2D eigenvalue weighted by Gasteiger charge is 2.51. The lowest BCUT2D eigenvalue weighted by atomic mass is 9.85. The summed E-state index contributed by atoms with van der Waals surface area (Å²) in [4.78, 5) is 37.5. The molecule has 2 aliphatic rings. The van der Waals surface area contributed by atoms with E-state index in [1.165, 1.54) is 6.33 Å². The lowest BCUT2D eigenvalue weighted by Gasteiger charge is -2.24. The van der Waals surface area contributed by atoms with Crippen LogP contribution in [-0.4, -0.2) is 55.4 Å². The van der Waals surface area contributed by atoms with Crippen LogP contribution in [0.25, 0.3) is 11.2 Å². The van der Waals surface area contributed by atoms with Crippen LogP contribution in [0.1, 0.15) is 18.5 Å². The Morgan fingerprint density at radius 2 is 2.04 bits per heavy atom. The minimum Gasteiger partial charge on any atom is -0.354 e. The van der Waals surface area contributed by atoms with Crippen LogP contribution in [0, 0.1) is 5.41 Å². The molecule has 2 aliphatic heterocycles. The Morgan fingerprint density at radius 3 is 2.92 bits per heavy atom. The Kier molecular flexibility index (Phi) is 3.37. The van der Waals surface area contributed by atoms with Gasteiger partial charge >= 0.3 is 0 Å². The molecule has 8 heteroatoms. The van der Waals surface area contributed by atoms with Gasteiger partial charge in [0.05, 0.1) is 24.0 Å². The third-order valence-corrected chi connectivity index (χ3v) is 5.54. The topological polar surface area (TPSA) is 90.9 Å². The molecule has 2 saturated heterocycles. The Morgan fingerprint density at radius 1 is 1.12 bits per heavy atom. The van der Waals surface area contributed by atoms with Gasteiger partial charge in [0, 0.05) is 25.8 Å². The van der Waals surface area contributed by atoms with Gasteiger partial charge in [0.2, 0.25) is 5.91 Å². The Labute approximate surface area is 150 Å². The average molecular weight is 349 g/mol. The number of H-pyrrole nitrogens is 1. The van der Waals surface area contributed by atoms with Crippen molar-refractivity contribution < 1.29 is 4.79 Å². The van der Waals surface area contributed by atoms with Gasteiger partial charge in [0.1, 0.15) is 11.8 Å². The van der Waals surface area contributed by atoms with Gasteiger partial charge in [-0.1, -0.05) is 6.07 Å². The summed E-state index contributed by atoms with van der Waals surface area (Å²) < 4.78 is 0. The van der Waals surface area contributed by atoms with E-state index in [0.29, 0.717) is 18.7 Å². The molecule has 3 aromatic heterocycles. The number of hydrogen-bond acceptors (Lipinski definition) is 6. The van der Waals surface area contributed by atoms with Gasteiger partial charge in [-0.15, -0.1) is 0 Å². The van der Waals surface area contributed by atoms with Crippen LogP contribution in [0.3, 0.4) is 0 Å². The normalized spacial score (nSPS) is 22.8. The van der Waals surface area contributed by atoms with Gasteiger partial charge in [-0.05, 0) is 25.0 Å². The number of carbonyl (C=O) groups excluding carboxylic acids is 1. The summed E-state index contributed by atoms with van der Waals surface area (Å²) in [5, 5.41) is 0. The number of nitrogens with one attached hydrogen (secondary N) is 1. The molecule has 0 saturated carbocycles. The second-order valence-corrected chi connectivity index (χ2v) is 7.05. The number of nitrogens with zero attached hydrogens (tertiary/aromatic N) is 6. The number of rotatable bonds is 3. The second kappa shape index (κ2) is 5.76.